The minimum atomic E-state index is 0.315. The predicted octanol–water partition coefficient (Wildman–Crippen LogP) is 1.80. The first-order valence-electron chi connectivity index (χ1n) is 5.55. The van der Waals surface area contributed by atoms with Crippen molar-refractivity contribution in [3.63, 3.8) is 0 Å². The molecule has 0 aromatic carbocycles. The lowest BCUT2D eigenvalue weighted by molar-refractivity contribution is 0.136. The van der Waals surface area contributed by atoms with Crippen LogP contribution < -0.4 is 5.73 Å². The Labute approximate surface area is 92.6 Å². The van der Waals surface area contributed by atoms with Crippen LogP contribution in [-0.2, 0) is 0 Å². The average Bonchev–Trinajstić information content (AvgIpc) is 2.58. The molecule has 0 saturated heterocycles. The van der Waals surface area contributed by atoms with Gasteiger partial charge in [0, 0.05) is 24.4 Å². The number of hydrogen-bond donors (Lipinski definition) is 1. The van der Waals surface area contributed by atoms with E-state index < -0.39 is 0 Å². The Morgan fingerprint density at radius 3 is 2.71 bits per heavy atom. The summed E-state index contributed by atoms with van der Waals surface area (Å²) >= 11 is 1.92. The molecular weight excluding hydrogens is 192 g/mol. The van der Waals surface area contributed by atoms with E-state index in [1.54, 1.807) is 0 Å². The van der Waals surface area contributed by atoms with Gasteiger partial charge in [-0.2, -0.15) is 11.8 Å². The van der Waals surface area contributed by atoms with Crippen LogP contribution in [0.1, 0.15) is 26.2 Å². The van der Waals surface area contributed by atoms with Crippen molar-refractivity contribution in [1.29, 1.82) is 0 Å². The molecule has 2 nitrogen and oxygen atoms in total. The highest BCUT2D eigenvalue weighted by Crippen LogP contribution is 2.37. The van der Waals surface area contributed by atoms with Gasteiger partial charge < -0.3 is 5.73 Å². The van der Waals surface area contributed by atoms with E-state index in [4.69, 9.17) is 5.73 Å². The molecule has 1 aliphatic rings. The zero-order valence-electron chi connectivity index (χ0n) is 9.75. The number of hydrogen-bond acceptors (Lipinski definition) is 3. The average molecular weight is 216 g/mol. The second-order valence-electron chi connectivity index (χ2n) is 4.69. The molecule has 2 N–H and O–H groups in total. The molecule has 0 aliphatic heterocycles. The SMILES string of the molecule is CSCCN(C)C1(CN)CCC(C)C1. The Hall–Kier alpha value is 0.270. The van der Waals surface area contributed by atoms with Crippen LogP contribution in [0.25, 0.3) is 0 Å². The smallest absolute Gasteiger partial charge is 0.0331 e. The summed E-state index contributed by atoms with van der Waals surface area (Å²) in [6, 6.07) is 0. The molecule has 84 valence electrons. The van der Waals surface area contributed by atoms with Gasteiger partial charge in [-0.1, -0.05) is 6.92 Å². The third-order valence-corrected chi connectivity index (χ3v) is 4.24. The van der Waals surface area contributed by atoms with Gasteiger partial charge in [-0.15, -0.1) is 0 Å². The van der Waals surface area contributed by atoms with Crippen molar-refractivity contribution in [2.75, 3.05) is 32.1 Å². The van der Waals surface area contributed by atoms with Crippen LogP contribution in [0.2, 0.25) is 0 Å². The summed E-state index contributed by atoms with van der Waals surface area (Å²) in [6.07, 6.45) is 6.09. The van der Waals surface area contributed by atoms with Gasteiger partial charge in [-0.05, 0) is 38.5 Å². The lowest BCUT2D eigenvalue weighted by Gasteiger charge is -2.38. The van der Waals surface area contributed by atoms with Crippen molar-refractivity contribution in [3.05, 3.63) is 0 Å². The van der Waals surface area contributed by atoms with E-state index in [1.165, 1.54) is 31.6 Å². The lowest BCUT2D eigenvalue weighted by atomic mass is 9.94. The second-order valence-corrected chi connectivity index (χ2v) is 5.68. The fourth-order valence-electron chi connectivity index (χ4n) is 2.52. The predicted molar refractivity (Wildman–Crippen MR) is 65.8 cm³/mol. The highest BCUT2D eigenvalue weighted by molar-refractivity contribution is 7.98. The number of nitrogens with zero attached hydrogens (tertiary/aromatic N) is 1. The molecule has 0 aromatic rings. The molecule has 0 bridgehead atoms. The topological polar surface area (TPSA) is 29.3 Å². The zero-order chi connectivity index (χ0) is 10.6. The number of thioether (sulfide) groups is 1. The Morgan fingerprint density at radius 2 is 2.29 bits per heavy atom. The van der Waals surface area contributed by atoms with Gasteiger partial charge in [-0.3, -0.25) is 4.90 Å². The van der Waals surface area contributed by atoms with Gasteiger partial charge in [-0.25, -0.2) is 0 Å². The van der Waals surface area contributed by atoms with Crippen molar-refractivity contribution < 1.29 is 0 Å². The molecule has 0 amide bonds. The van der Waals surface area contributed by atoms with Crippen LogP contribution in [0.5, 0.6) is 0 Å². The molecule has 3 heteroatoms. The highest BCUT2D eigenvalue weighted by Gasteiger charge is 2.39. The second kappa shape index (κ2) is 5.38. The van der Waals surface area contributed by atoms with Gasteiger partial charge in [0.1, 0.15) is 0 Å². The fourth-order valence-corrected chi connectivity index (χ4v) is 2.98. The van der Waals surface area contributed by atoms with E-state index in [0.717, 1.165) is 12.5 Å². The van der Waals surface area contributed by atoms with Crippen LogP contribution in [-0.4, -0.2) is 42.6 Å². The van der Waals surface area contributed by atoms with Crippen molar-refractivity contribution in [2.45, 2.75) is 31.7 Å². The van der Waals surface area contributed by atoms with Gasteiger partial charge in [0.2, 0.25) is 0 Å². The third kappa shape index (κ3) is 2.65. The summed E-state index contributed by atoms with van der Waals surface area (Å²) in [6.45, 7) is 4.34. The van der Waals surface area contributed by atoms with E-state index >= 15 is 0 Å². The van der Waals surface area contributed by atoms with Gasteiger partial charge in [0.25, 0.3) is 0 Å². The first-order chi connectivity index (χ1) is 6.64. The summed E-state index contributed by atoms with van der Waals surface area (Å²) in [5, 5.41) is 0. The first kappa shape index (κ1) is 12.3. The Morgan fingerprint density at radius 1 is 1.57 bits per heavy atom. The van der Waals surface area contributed by atoms with Crippen LogP contribution in [0, 0.1) is 5.92 Å². The molecule has 0 spiro atoms. The molecular formula is C11H24N2S. The van der Waals surface area contributed by atoms with Gasteiger partial charge in [0.05, 0.1) is 0 Å². The maximum Gasteiger partial charge on any atom is 0.0331 e. The van der Waals surface area contributed by atoms with E-state index in [0.29, 0.717) is 5.54 Å². The van der Waals surface area contributed by atoms with Crippen molar-refractivity contribution in [1.82, 2.24) is 4.90 Å². The largest absolute Gasteiger partial charge is 0.329 e. The van der Waals surface area contributed by atoms with Crippen LogP contribution in [0.15, 0.2) is 0 Å². The monoisotopic (exact) mass is 216 g/mol. The standard InChI is InChI=1S/C11H24N2S/c1-10-4-5-11(8-10,9-12)13(2)6-7-14-3/h10H,4-9,12H2,1-3H3. The van der Waals surface area contributed by atoms with Crippen molar-refractivity contribution in [2.24, 2.45) is 11.7 Å². The van der Waals surface area contributed by atoms with E-state index in [1.807, 2.05) is 11.8 Å². The van der Waals surface area contributed by atoms with E-state index in [9.17, 15) is 0 Å². The van der Waals surface area contributed by atoms with E-state index in [-0.39, 0.29) is 0 Å². The minimum absolute atomic E-state index is 0.315. The quantitative estimate of drug-likeness (QED) is 0.760. The maximum absolute atomic E-state index is 5.96. The zero-order valence-corrected chi connectivity index (χ0v) is 10.6. The molecule has 0 aromatic heterocycles. The number of likely N-dealkylation sites (N-methyl/N-ethyl adjacent to an activating group) is 1. The van der Waals surface area contributed by atoms with Gasteiger partial charge in [0.15, 0.2) is 0 Å². The minimum Gasteiger partial charge on any atom is -0.329 e. The third-order valence-electron chi connectivity index (χ3n) is 3.65. The van der Waals surface area contributed by atoms with Crippen LogP contribution in [0.3, 0.4) is 0 Å². The molecule has 2 atom stereocenters. The molecule has 1 fully saturated rings. The van der Waals surface area contributed by atoms with Crippen LogP contribution >= 0.6 is 11.8 Å². The van der Waals surface area contributed by atoms with Crippen molar-refractivity contribution >= 4 is 11.8 Å². The lowest BCUT2D eigenvalue weighted by Crippen LogP contribution is -2.51. The fraction of sp³-hybridized carbons (Fsp3) is 1.00. The Kier molecular flexibility index (Phi) is 4.74. The first-order valence-corrected chi connectivity index (χ1v) is 6.94. The number of rotatable bonds is 5. The summed E-state index contributed by atoms with van der Waals surface area (Å²) in [5.74, 6) is 2.07. The molecule has 0 heterocycles. The molecule has 1 rings (SSSR count). The normalized spacial score (nSPS) is 32.8. The molecule has 0 radical (unpaired) electrons. The summed E-state index contributed by atoms with van der Waals surface area (Å²) in [4.78, 5) is 2.49. The van der Waals surface area contributed by atoms with Gasteiger partial charge >= 0.3 is 0 Å². The molecule has 14 heavy (non-hydrogen) atoms. The molecule has 1 aliphatic carbocycles. The molecule has 1 saturated carbocycles. The van der Waals surface area contributed by atoms with Crippen LogP contribution in [0.4, 0.5) is 0 Å². The maximum atomic E-state index is 5.96. The summed E-state index contributed by atoms with van der Waals surface area (Å²) in [5.41, 5.74) is 6.27. The highest BCUT2D eigenvalue weighted by atomic mass is 32.2. The Balaban J connectivity index is 2.51. The van der Waals surface area contributed by atoms with Crippen molar-refractivity contribution in [3.8, 4) is 0 Å². The van der Waals surface area contributed by atoms with E-state index in [2.05, 4.69) is 25.1 Å². The summed E-state index contributed by atoms with van der Waals surface area (Å²) < 4.78 is 0. The molecule has 2 unspecified atom stereocenters. The Bertz CT molecular complexity index is 175. The summed E-state index contributed by atoms with van der Waals surface area (Å²) in [7, 11) is 2.24. The number of nitrogens with two attached hydrogens (primary N) is 1.